The molecular weight excluding hydrogens is 292 g/mol. The third-order valence-electron chi connectivity index (χ3n) is 3.58. The van der Waals surface area contributed by atoms with E-state index in [1.165, 1.54) is 0 Å². The Balaban J connectivity index is 2.05. The third-order valence-corrected chi connectivity index (χ3v) is 3.58. The summed E-state index contributed by atoms with van der Waals surface area (Å²) in [6.45, 7) is -0.930. The Hall–Kier alpha value is -0.400. The van der Waals surface area contributed by atoms with Gasteiger partial charge in [0.25, 0.3) is 0 Å². The van der Waals surface area contributed by atoms with E-state index in [1.54, 1.807) is 0 Å². The molecule has 9 atom stereocenters. The molecule has 0 amide bonds. The minimum absolute atomic E-state index is 0.304. The molecule has 0 bridgehead atoms. The lowest BCUT2D eigenvalue weighted by atomic mass is 9.98. The Bertz CT molecular complexity index is 339. The predicted molar refractivity (Wildman–Crippen MR) is 62.6 cm³/mol. The van der Waals surface area contributed by atoms with Crippen molar-refractivity contribution in [1.82, 2.24) is 0 Å². The predicted octanol–water partition coefficient (Wildman–Crippen LogP) is -4.76. The van der Waals surface area contributed by atoms with Crippen molar-refractivity contribution >= 4 is 0 Å². The van der Waals surface area contributed by atoms with Crippen LogP contribution in [-0.2, 0) is 14.2 Å². The summed E-state index contributed by atoms with van der Waals surface area (Å²) in [6.07, 6.45) is -13.2. The van der Waals surface area contributed by atoms with Crippen molar-refractivity contribution in [3.63, 3.8) is 0 Å². The molecule has 2 aliphatic rings. The van der Waals surface area contributed by atoms with E-state index in [1.807, 2.05) is 0 Å². The summed E-state index contributed by atoms with van der Waals surface area (Å²) in [6, 6.07) is 0. The van der Waals surface area contributed by atoms with E-state index in [4.69, 9.17) is 14.2 Å². The standard InChI is InChI=1S/C11H20O10/c12-1-4-9(6(15)7(16)10(18)20-4)21-11-8(17)5(14)3(13)2-19-11/h3-18H,1-2H2/t3-,4+,5-,6+,7+,8+,9-,10-,11-/m0/s1. The molecule has 0 aromatic carbocycles. The SMILES string of the molecule is OC[C@H]1O[C@H](O)[C@H](O)[C@@H](O)[C@H]1O[C@@H]1OC[C@H](O)[C@H](O)[C@H]1O. The quantitative estimate of drug-likeness (QED) is 0.268. The highest BCUT2D eigenvalue weighted by molar-refractivity contribution is 4.91. The van der Waals surface area contributed by atoms with E-state index in [0.29, 0.717) is 0 Å². The first kappa shape index (κ1) is 17.0. The Labute approximate surface area is 119 Å². The lowest BCUT2D eigenvalue weighted by molar-refractivity contribution is -0.342. The summed E-state index contributed by atoms with van der Waals surface area (Å²) in [5.41, 5.74) is 0. The fraction of sp³-hybridized carbons (Fsp3) is 1.00. The van der Waals surface area contributed by atoms with Crippen LogP contribution in [0.25, 0.3) is 0 Å². The highest BCUT2D eigenvalue weighted by Crippen LogP contribution is 2.26. The van der Waals surface area contributed by atoms with Gasteiger partial charge >= 0.3 is 0 Å². The summed E-state index contributed by atoms with van der Waals surface area (Å²) in [7, 11) is 0. The average molecular weight is 312 g/mol. The van der Waals surface area contributed by atoms with Crippen LogP contribution in [0.5, 0.6) is 0 Å². The lowest BCUT2D eigenvalue weighted by Gasteiger charge is -2.43. The molecule has 2 saturated heterocycles. The van der Waals surface area contributed by atoms with Crippen LogP contribution in [0.15, 0.2) is 0 Å². The smallest absolute Gasteiger partial charge is 0.186 e. The molecule has 124 valence electrons. The molecule has 10 heteroatoms. The molecule has 0 aliphatic carbocycles. The third kappa shape index (κ3) is 3.35. The molecule has 2 aliphatic heterocycles. The molecule has 0 spiro atoms. The van der Waals surface area contributed by atoms with Crippen molar-refractivity contribution in [3.05, 3.63) is 0 Å². The van der Waals surface area contributed by atoms with Gasteiger partial charge in [-0.2, -0.15) is 0 Å². The van der Waals surface area contributed by atoms with Gasteiger partial charge in [-0.3, -0.25) is 0 Å². The second kappa shape index (κ2) is 6.79. The molecule has 7 N–H and O–H groups in total. The Morgan fingerprint density at radius 2 is 1.57 bits per heavy atom. The fourth-order valence-electron chi connectivity index (χ4n) is 2.29. The van der Waals surface area contributed by atoms with Crippen molar-refractivity contribution in [2.75, 3.05) is 13.2 Å². The second-order valence-electron chi connectivity index (χ2n) is 5.08. The molecule has 0 aromatic heterocycles. The highest BCUT2D eigenvalue weighted by atomic mass is 16.7. The average Bonchev–Trinajstić information content (AvgIpc) is 2.47. The van der Waals surface area contributed by atoms with Crippen LogP contribution >= 0.6 is 0 Å². The van der Waals surface area contributed by atoms with Gasteiger partial charge < -0.3 is 50.0 Å². The summed E-state index contributed by atoms with van der Waals surface area (Å²) < 4.78 is 15.1. The van der Waals surface area contributed by atoms with E-state index < -0.39 is 61.9 Å². The molecule has 0 saturated carbocycles. The van der Waals surface area contributed by atoms with E-state index in [-0.39, 0.29) is 6.61 Å². The van der Waals surface area contributed by atoms with Crippen LogP contribution < -0.4 is 0 Å². The van der Waals surface area contributed by atoms with Crippen molar-refractivity contribution in [2.24, 2.45) is 0 Å². The van der Waals surface area contributed by atoms with E-state index in [9.17, 15) is 35.7 Å². The fourth-order valence-corrected chi connectivity index (χ4v) is 2.29. The molecule has 2 heterocycles. The number of rotatable bonds is 3. The Kier molecular flexibility index (Phi) is 5.48. The normalized spacial score (nSPS) is 51.9. The summed E-state index contributed by atoms with van der Waals surface area (Å²) >= 11 is 0. The molecule has 2 rings (SSSR count). The van der Waals surface area contributed by atoms with Gasteiger partial charge in [-0.05, 0) is 0 Å². The zero-order chi connectivity index (χ0) is 15.7. The number of hydrogen-bond donors (Lipinski definition) is 7. The maximum Gasteiger partial charge on any atom is 0.186 e. The molecule has 0 aromatic rings. The summed E-state index contributed by atoms with van der Waals surface area (Å²) in [5, 5.41) is 66.5. The molecule has 2 fully saturated rings. The lowest BCUT2D eigenvalue weighted by Crippen LogP contribution is -2.62. The second-order valence-corrected chi connectivity index (χ2v) is 5.08. The van der Waals surface area contributed by atoms with Gasteiger partial charge in [0.15, 0.2) is 12.6 Å². The maximum atomic E-state index is 9.87. The molecular formula is C11H20O10. The molecule has 0 radical (unpaired) electrons. The van der Waals surface area contributed by atoms with E-state index in [0.717, 1.165) is 0 Å². The first-order valence-corrected chi connectivity index (χ1v) is 6.48. The number of hydrogen-bond acceptors (Lipinski definition) is 10. The van der Waals surface area contributed by atoms with Crippen molar-refractivity contribution in [1.29, 1.82) is 0 Å². The maximum absolute atomic E-state index is 9.87. The van der Waals surface area contributed by atoms with Crippen LogP contribution in [0.3, 0.4) is 0 Å². The largest absolute Gasteiger partial charge is 0.394 e. The number of ether oxygens (including phenoxy) is 3. The molecule has 10 nitrogen and oxygen atoms in total. The zero-order valence-electron chi connectivity index (χ0n) is 11.0. The van der Waals surface area contributed by atoms with Crippen LogP contribution in [0.1, 0.15) is 0 Å². The van der Waals surface area contributed by atoms with E-state index >= 15 is 0 Å². The summed E-state index contributed by atoms with van der Waals surface area (Å²) in [5.74, 6) is 0. The van der Waals surface area contributed by atoms with Crippen molar-refractivity contribution in [2.45, 2.75) is 55.3 Å². The minimum atomic E-state index is -1.69. The van der Waals surface area contributed by atoms with Gasteiger partial charge in [-0.1, -0.05) is 0 Å². The van der Waals surface area contributed by atoms with Gasteiger partial charge in [-0.15, -0.1) is 0 Å². The molecule has 21 heavy (non-hydrogen) atoms. The van der Waals surface area contributed by atoms with Crippen LogP contribution in [0.2, 0.25) is 0 Å². The zero-order valence-corrected chi connectivity index (χ0v) is 11.0. The van der Waals surface area contributed by atoms with Gasteiger partial charge in [0, 0.05) is 0 Å². The van der Waals surface area contributed by atoms with Crippen LogP contribution in [0.4, 0.5) is 0 Å². The first-order valence-electron chi connectivity index (χ1n) is 6.48. The van der Waals surface area contributed by atoms with Crippen molar-refractivity contribution < 1.29 is 50.0 Å². The first-order chi connectivity index (χ1) is 9.86. The minimum Gasteiger partial charge on any atom is -0.394 e. The van der Waals surface area contributed by atoms with Gasteiger partial charge in [0.05, 0.1) is 13.2 Å². The number of aliphatic hydroxyl groups is 7. The van der Waals surface area contributed by atoms with Crippen LogP contribution in [0, 0.1) is 0 Å². The van der Waals surface area contributed by atoms with Crippen LogP contribution in [-0.4, -0.2) is 104 Å². The van der Waals surface area contributed by atoms with E-state index in [2.05, 4.69) is 0 Å². The van der Waals surface area contributed by atoms with Crippen molar-refractivity contribution in [3.8, 4) is 0 Å². The monoisotopic (exact) mass is 312 g/mol. The topological polar surface area (TPSA) is 169 Å². The van der Waals surface area contributed by atoms with Gasteiger partial charge in [0.2, 0.25) is 0 Å². The Morgan fingerprint density at radius 1 is 0.905 bits per heavy atom. The highest BCUT2D eigenvalue weighted by Gasteiger charge is 2.48. The summed E-state index contributed by atoms with van der Waals surface area (Å²) in [4.78, 5) is 0. The Morgan fingerprint density at radius 3 is 2.19 bits per heavy atom. The number of aliphatic hydroxyl groups excluding tert-OH is 7. The van der Waals surface area contributed by atoms with Gasteiger partial charge in [0.1, 0.15) is 42.7 Å². The van der Waals surface area contributed by atoms with Gasteiger partial charge in [-0.25, -0.2) is 0 Å². The molecule has 0 unspecified atom stereocenters.